The Bertz CT molecular complexity index is 1180. The van der Waals surface area contributed by atoms with Gasteiger partial charge < -0.3 is 0 Å². The molecule has 0 unspecified atom stereocenters. The number of amides is 1. The number of allylic oxidation sites excluding steroid dienone is 2. The van der Waals surface area contributed by atoms with Crippen LogP contribution in [0.25, 0.3) is 11.3 Å². The fourth-order valence-corrected chi connectivity index (χ4v) is 5.88. The number of aliphatic carboxylic acids is 1. The van der Waals surface area contributed by atoms with Crippen molar-refractivity contribution in [2.75, 3.05) is 6.54 Å². The normalized spacial score (nSPS) is 16.3. The molecule has 168 valence electrons. The molecule has 1 aromatic heterocycles. The number of para-hydroxylation sites is 1. The van der Waals surface area contributed by atoms with Gasteiger partial charge >= 0.3 is 195 Å². The molecule has 1 aromatic carbocycles. The number of hydrogen-bond donors (Lipinski definition) is 3. The molecule has 8 nitrogen and oxygen atoms in total. The zero-order valence-corrected chi connectivity index (χ0v) is 19.4. The van der Waals surface area contributed by atoms with Crippen LogP contribution in [0.5, 0.6) is 5.88 Å². The zero-order chi connectivity index (χ0) is 22.7. The fourth-order valence-electron chi connectivity index (χ4n) is 4.14. The third-order valence-electron chi connectivity index (χ3n) is 5.64. The first-order valence-corrected chi connectivity index (χ1v) is 12.9. The molecule has 2 heterocycles. The quantitative estimate of drug-likeness (QED) is 0.429. The number of rotatable bonds is 6. The first kappa shape index (κ1) is 22.3. The summed E-state index contributed by atoms with van der Waals surface area (Å²) in [5.41, 5.74) is 1.21. The van der Waals surface area contributed by atoms with Crippen molar-refractivity contribution in [3.63, 3.8) is 0 Å². The number of carbonyl (C=O) groups is 2. The Morgan fingerprint density at radius 3 is 2.62 bits per heavy atom. The first-order valence-electron chi connectivity index (χ1n) is 10.4. The van der Waals surface area contributed by atoms with Crippen LogP contribution in [0.4, 0.5) is 0 Å². The zero-order valence-electron chi connectivity index (χ0n) is 17.3. The Balaban J connectivity index is 1.92. The number of nitrogens with zero attached hydrogens (tertiary/aromatic N) is 2. The number of carbonyl (C=O) groups excluding carboxylic acids is 1. The van der Waals surface area contributed by atoms with E-state index >= 15 is 0 Å². The second-order valence-electron chi connectivity index (χ2n) is 7.72. The number of carboxylic acids is 1. The topological polar surface area (TPSA) is 122 Å². The van der Waals surface area contributed by atoms with E-state index in [1.54, 1.807) is 0 Å². The van der Waals surface area contributed by atoms with Crippen LogP contribution in [0, 0.1) is 0 Å². The molecule has 1 fully saturated rings. The molecule has 4 rings (SSSR count). The van der Waals surface area contributed by atoms with Crippen LogP contribution in [0.15, 0.2) is 43.3 Å². The molecule has 1 aliphatic heterocycles. The maximum absolute atomic E-state index is 13.6. The van der Waals surface area contributed by atoms with Crippen molar-refractivity contribution in [2.45, 2.75) is 38.0 Å². The van der Waals surface area contributed by atoms with Crippen LogP contribution in [0.3, 0.4) is 0 Å². The number of hydrogen-bond acceptors (Lipinski definition) is 5. The van der Waals surface area contributed by atoms with Crippen LogP contribution in [0.2, 0.25) is 0 Å². The van der Waals surface area contributed by atoms with Crippen molar-refractivity contribution in [3.05, 3.63) is 65.8 Å². The van der Waals surface area contributed by atoms with Gasteiger partial charge in [-0.05, 0) is 0 Å². The van der Waals surface area contributed by atoms with Gasteiger partial charge in [-0.3, -0.25) is 0 Å². The summed E-state index contributed by atoms with van der Waals surface area (Å²) < 4.78 is 5.74. The summed E-state index contributed by atoms with van der Waals surface area (Å²) in [6, 6.07) is 7.45. The van der Waals surface area contributed by atoms with E-state index in [2.05, 4.69) is 18.5 Å². The van der Waals surface area contributed by atoms with Crippen LogP contribution >= 0.6 is 0 Å². The van der Waals surface area contributed by atoms with Crippen LogP contribution in [-0.2, 0) is 4.79 Å². The molecule has 1 amide bonds. The Labute approximate surface area is 194 Å². The van der Waals surface area contributed by atoms with Crippen molar-refractivity contribution >= 4 is 17.4 Å². The Morgan fingerprint density at radius 2 is 1.94 bits per heavy atom. The molecule has 0 radical (unpaired) electrons. The number of aromatic nitrogens is 2. The second-order valence-corrected chi connectivity index (χ2v) is 9.78. The summed E-state index contributed by atoms with van der Waals surface area (Å²) >= 11 is -0.174. The van der Waals surface area contributed by atoms with Crippen molar-refractivity contribution < 1.29 is 41.0 Å². The van der Waals surface area contributed by atoms with Gasteiger partial charge in [-0.25, -0.2) is 0 Å². The average molecular weight is 548 g/mol. The predicted octanol–water partition coefficient (Wildman–Crippen LogP) is -0.243. The number of aromatic hydroxyl groups is 1. The molecule has 2 aromatic rings. The summed E-state index contributed by atoms with van der Waals surface area (Å²) in [7, 11) is 0. The van der Waals surface area contributed by atoms with Gasteiger partial charge in [0, 0.05) is 0 Å². The summed E-state index contributed by atoms with van der Waals surface area (Å²) in [5, 5.41) is 21.6. The third kappa shape index (κ3) is 4.47. The number of halogens is 1. The van der Waals surface area contributed by atoms with E-state index in [0.717, 1.165) is 43.2 Å². The summed E-state index contributed by atoms with van der Waals surface area (Å²) in [6.45, 7) is -0.667. The molecule has 2 aliphatic rings. The molecule has 3 N–H and O–H groups in total. The van der Waals surface area contributed by atoms with E-state index in [0.29, 0.717) is 11.5 Å². The van der Waals surface area contributed by atoms with E-state index < -0.39 is 35.4 Å². The van der Waals surface area contributed by atoms with Crippen molar-refractivity contribution in [1.82, 2.24) is 14.9 Å². The molecule has 0 atom stereocenters. The summed E-state index contributed by atoms with van der Waals surface area (Å²) in [6.07, 6.45) is 6.83. The van der Waals surface area contributed by atoms with Crippen molar-refractivity contribution in [3.8, 4) is 11.6 Å². The fraction of sp³-hybridized carbons (Fsp3) is 0.304. The Hall–Kier alpha value is -2.95. The molecular weight excluding hydrogens is 525 g/mol. The van der Waals surface area contributed by atoms with Gasteiger partial charge in [0.2, 0.25) is 0 Å². The van der Waals surface area contributed by atoms with Gasteiger partial charge in [-0.2, -0.15) is 0 Å². The van der Waals surface area contributed by atoms with Gasteiger partial charge in [0.1, 0.15) is 0 Å². The van der Waals surface area contributed by atoms with E-state index in [1.165, 1.54) is 4.57 Å². The molecule has 1 aliphatic carbocycles. The van der Waals surface area contributed by atoms with Crippen LogP contribution in [-0.4, -0.2) is 38.2 Å². The van der Waals surface area contributed by atoms with E-state index in [1.807, 2.05) is 30.3 Å². The van der Waals surface area contributed by atoms with Crippen LogP contribution in [0.1, 0.15) is 59.8 Å². The Morgan fingerprint density at radius 1 is 1.19 bits per heavy atom. The molecule has 0 saturated heterocycles. The monoisotopic (exact) mass is 548 g/mol. The number of carboxylic acid groups (broad SMARTS) is 1. The Kier molecular flexibility index (Phi) is 6.73. The standard InChI is InChI=1S/C23H23IN3O5/c28-18(29)13-25-21(30)19-22(31)26-20(14-6-2-1-3-7-14)27(23(19)32)17-9-5-4-8-16(17)15-10-11-24-12-15/h4-5,8-12,14,31H,1-3,6-7,13H2,(H,25,30)(H,28,29)/q-1. The molecule has 0 spiro atoms. The predicted molar refractivity (Wildman–Crippen MR) is 114 cm³/mol. The van der Waals surface area contributed by atoms with Crippen LogP contribution < -0.4 is 32.1 Å². The minimum absolute atomic E-state index is 0.0212. The summed E-state index contributed by atoms with van der Waals surface area (Å²) in [4.78, 5) is 41.4. The van der Waals surface area contributed by atoms with Gasteiger partial charge in [0.25, 0.3) is 0 Å². The number of nitrogens with one attached hydrogen (secondary N) is 1. The minimum atomic E-state index is -1.25. The molecular formula is C23H23IN3O5-. The van der Waals surface area contributed by atoms with Gasteiger partial charge in [0.05, 0.1) is 0 Å². The van der Waals surface area contributed by atoms with Gasteiger partial charge in [0.15, 0.2) is 0 Å². The third-order valence-corrected chi connectivity index (χ3v) is 7.44. The average Bonchev–Trinajstić information content (AvgIpc) is 3.33. The molecule has 9 heteroatoms. The van der Waals surface area contributed by atoms with E-state index in [-0.39, 0.29) is 27.1 Å². The second kappa shape index (κ2) is 9.68. The SMILES string of the molecule is O=C(O)CNC(=O)c1c(O)nc(C2CCCCC2)n(-c2ccccc2C2=C[I-]C=C2)c1=O. The molecule has 1 saturated carbocycles. The van der Waals surface area contributed by atoms with Gasteiger partial charge in [-0.1, -0.05) is 0 Å². The van der Waals surface area contributed by atoms with Gasteiger partial charge in [-0.15, -0.1) is 0 Å². The molecule has 32 heavy (non-hydrogen) atoms. The van der Waals surface area contributed by atoms with E-state index in [4.69, 9.17) is 5.11 Å². The molecule has 0 bridgehead atoms. The van der Waals surface area contributed by atoms with Crippen molar-refractivity contribution in [2.24, 2.45) is 0 Å². The van der Waals surface area contributed by atoms with Crippen molar-refractivity contribution in [1.29, 1.82) is 0 Å². The maximum atomic E-state index is 13.6. The summed E-state index contributed by atoms with van der Waals surface area (Å²) in [5.74, 6) is -2.47. The number of benzene rings is 1. The first-order chi connectivity index (χ1) is 15.5. The van der Waals surface area contributed by atoms with E-state index in [9.17, 15) is 19.5 Å².